The fraction of sp³-hybridized carbons (Fsp3) is 0.448. The molecular weight excluding hydrogens is 444 g/mol. The molecular formula is C29H37ClN2O2. The van der Waals surface area contributed by atoms with E-state index >= 15 is 0 Å². The van der Waals surface area contributed by atoms with E-state index in [0.29, 0.717) is 25.7 Å². The zero-order chi connectivity index (χ0) is 24.2. The molecule has 1 heterocycles. The molecule has 0 spiro atoms. The number of ether oxygens (including phenoxy) is 2. The third-order valence-electron chi connectivity index (χ3n) is 6.14. The largest absolute Gasteiger partial charge is 0.491 e. The highest BCUT2D eigenvalue weighted by Crippen LogP contribution is 2.25. The molecule has 3 aromatic rings. The van der Waals surface area contributed by atoms with Crippen LogP contribution in [0.1, 0.15) is 52.0 Å². The van der Waals surface area contributed by atoms with Crippen molar-refractivity contribution in [2.45, 2.75) is 58.3 Å². The standard InChI is InChI=1S/C29H37ClN2O2/c1-4-6-7-8-23-19-31-29(32-20-23)26-11-9-24(10-12-26)25-13-15-27(16-14-25)34-18-17-33-21-28(30)22(3)5-2/h9-16,19-20,22,28H,4-8,17-18,21H2,1-3H3. The predicted molar refractivity (Wildman–Crippen MR) is 142 cm³/mol. The first-order valence-corrected chi connectivity index (χ1v) is 12.9. The molecule has 0 bridgehead atoms. The van der Waals surface area contributed by atoms with Gasteiger partial charge in [0.05, 0.1) is 18.6 Å². The summed E-state index contributed by atoms with van der Waals surface area (Å²) in [6.45, 7) is 8.11. The van der Waals surface area contributed by atoms with E-state index in [1.165, 1.54) is 24.8 Å². The summed E-state index contributed by atoms with van der Waals surface area (Å²) in [5.74, 6) is 2.06. The van der Waals surface area contributed by atoms with Gasteiger partial charge in [0.2, 0.25) is 0 Å². The molecule has 0 radical (unpaired) electrons. The van der Waals surface area contributed by atoms with Gasteiger partial charge in [-0.3, -0.25) is 0 Å². The number of alkyl halides is 1. The lowest BCUT2D eigenvalue weighted by Crippen LogP contribution is -2.19. The molecule has 34 heavy (non-hydrogen) atoms. The molecule has 0 aliphatic carbocycles. The predicted octanol–water partition coefficient (Wildman–Crippen LogP) is 7.59. The summed E-state index contributed by atoms with van der Waals surface area (Å²) in [5, 5.41) is 0.0529. The van der Waals surface area contributed by atoms with Gasteiger partial charge in [0, 0.05) is 18.0 Å². The van der Waals surface area contributed by atoms with Gasteiger partial charge in [-0.15, -0.1) is 11.6 Å². The second-order valence-corrected chi connectivity index (χ2v) is 9.36. The number of aryl methyl sites for hydroxylation is 1. The van der Waals surface area contributed by atoms with E-state index in [9.17, 15) is 0 Å². The van der Waals surface area contributed by atoms with Crippen LogP contribution in [0.15, 0.2) is 60.9 Å². The van der Waals surface area contributed by atoms with E-state index in [4.69, 9.17) is 21.1 Å². The first kappa shape index (κ1) is 26.2. The molecule has 0 aliphatic heterocycles. The van der Waals surface area contributed by atoms with Crippen molar-refractivity contribution in [3.8, 4) is 28.3 Å². The summed E-state index contributed by atoms with van der Waals surface area (Å²) in [7, 11) is 0. The topological polar surface area (TPSA) is 44.2 Å². The smallest absolute Gasteiger partial charge is 0.159 e. The van der Waals surface area contributed by atoms with Crippen LogP contribution in [0.3, 0.4) is 0 Å². The molecule has 2 atom stereocenters. The third-order valence-corrected chi connectivity index (χ3v) is 6.70. The summed E-state index contributed by atoms with van der Waals surface area (Å²) in [6.07, 6.45) is 9.68. The Labute approximate surface area is 209 Å². The zero-order valence-electron chi connectivity index (χ0n) is 20.7. The van der Waals surface area contributed by atoms with Crippen molar-refractivity contribution < 1.29 is 9.47 Å². The van der Waals surface area contributed by atoms with Gasteiger partial charge in [-0.05, 0) is 47.6 Å². The maximum absolute atomic E-state index is 6.30. The van der Waals surface area contributed by atoms with Gasteiger partial charge < -0.3 is 9.47 Å². The first-order chi connectivity index (χ1) is 16.6. The van der Waals surface area contributed by atoms with Crippen molar-refractivity contribution in [2.24, 2.45) is 5.92 Å². The molecule has 0 amide bonds. The molecule has 1 aromatic heterocycles. The zero-order valence-corrected chi connectivity index (χ0v) is 21.4. The number of halogens is 1. The normalized spacial score (nSPS) is 12.9. The Morgan fingerprint density at radius 3 is 2.06 bits per heavy atom. The molecule has 0 saturated heterocycles. The Bertz CT molecular complexity index is 959. The van der Waals surface area contributed by atoms with Gasteiger partial charge in [0.15, 0.2) is 5.82 Å². The van der Waals surface area contributed by atoms with Crippen LogP contribution in [0.25, 0.3) is 22.5 Å². The molecule has 2 unspecified atom stereocenters. The average molecular weight is 481 g/mol. The minimum Gasteiger partial charge on any atom is -0.491 e. The van der Waals surface area contributed by atoms with E-state index in [1.54, 1.807) is 0 Å². The fourth-order valence-corrected chi connectivity index (χ4v) is 3.87. The summed E-state index contributed by atoms with van der Waals surface area (Å²) in [6, 6.07) is 16.5. The minimum atomic E-state index is 0.0529. The fourth-order valence-electron chi connectivity index (χ4n) is 3.60. The number of hydrogen-bond acceptors (Lipinski definition) is 4. The maximum atomic E-state index is 6.30. The van der Waals surface area contributed by atoms with Crippen molar-refractivity contribution in [1.29, 1.82) is 0 Å². The van der Waals surface area contributed by atoms with Gasteiger partial charge in [0.1, 0.15) is 12.4 Å². The molecule has 4 nitrogen and oxygen atoms in total. The van der Waals surface area contributed by atoms with E-state index in [0.717, 1.165) is 41.1 Å². The Hall–Kier alpha value is -2.43. The van der Waals surface area contributed by atoms with Gasteiger partial charge >= 0.3 is 0 Å². The number of rotatable bonds is 14. The van der Waals surface area contributed by atoms with Crippen molar-refractivity contribution in [3.63, 3.8) is 0 Å². The summed E-state index contributed by atoms with van der Waals surface area (Å²) >= 11 is 6.30. The lowest BCUT2D eigenvalue weighted by Gasteiger charge is -2.16. The van der Waals surface area contributed by atoms with Crippen LogP contribution in [0.5, 0.6) is 5.75 Å². The lowest BCUT2D eigenvalue weighted by atomic mass is 10.0. The van der Waals surface area contributed by atoms with Crippen molar-refractivity contribution in [2.75, 3.05) is 19.8 Å². The first-order valence-electron chi connectivity index (χ1n) is 12.5. The Morgan fingerprint density at radius 2 is 1.44 bits per heavy atom. The van der Waals surface area contributed by atoms with Crippen LogP contribution in [0.4, 0.5) is 0 Å². The lowest BCUT2D eigenvalue weighted by molar-refractivity contribution is 0.0931. The summed E-state index contributed by atoms with van der Waals surface area (Å²) < 4.78 is 11.4. The molecule has 0 N–H and O–H groups in total. The van der Waals surface area contributed by atoms with E-state index < -0.39 is 0 Å². The quantitative estimate of drug-likeness (QED) is 0.176. The third kappa shape index (κ3) is 8.11. The van der Waals surface area contributed by atoms with Crippen LogP contribution < -0.4 is 4.74 Å². The average Bonchev–Trinajstić information content (AvgIpc) is 2.89. The van der Waals surface area contributed by atoms with E-state index in [2.05, 4.69) is 67.1 Å². The Balaban J connectivity index is 1.47. The maximum Gasteiger partial charge on any atom is 0.159 e. The van der Waals surface area contributed by atoms with Crippen LogP contribution in [-0.4, -0.2) is 35.2 Å². The number of nitrogens with zero attached hydrogens (tertiary/aromatic N) is 2. The number of benzene rings is 2. The summed E-state index contributed by atoms with van der Waals surface area (Å²) in [4.78, 5) is 9.12. The second kappa shape index (κ2) is 14.1. The highest BCUT2D eigenvalue weighted by molar-refractivity contribution is 6.20. The highest BCUT2D eigenvalue weighted by atomic mass is 35.5. The second-order valence-electron chi connectivity index (χ2n) is 8.80. The monoisotopic (exact) mass is 480 g/mol. The van der Waals surface area contributed by atoms with Gasteiger partial charge in [-0.25, -0.2) is 9.97 Å². The molecule has 182 valence electrons. The van der Waals surface area contributed by atoms with Crippen LogP contribution >= 0.6 is 11.6 Å². The Kier molecular flexibility index (Phi) is 10.8. The van der Waals surface area contributed by atoms with Crippen molar-refractivity contribution in [1.82, 2.24) is 9.97 Å². The van der Waals surface area contributed by atoms with Crippen molar-refractivity contribution in [3.05, 3.63) is 66.5 Å². The van der Waals surface area contributed by atoms with Crippen molar-refractivity contribution >= 4 is 11.6 Å². The van der Waals surface area contributed by atoms with Gasteiger partial charge in [-0.1, -0.05) is 76.4 Å². The van der Waals surface area contributed by atoms with Gasteiger partial charge in [-0.2, -0.15) is 0 Å². The number of hydrogen-bond donors (Lipinski definition) is 0. The van der Waals surface area contributed by atoms with Crippen LogP contribution in [0.2, 0.25) is 0 Å². The summed E-state index contributed by atoms with van der Waals surface area (Å²) in [5.41, 5.74) is 4.52. The van der Waals surface area contributed by atoms with E-state index in [1.807, 2.05) is 24.5 Å². The number of aromatic nitrogens is 2. The van der Waals surface area contributed by atoms with Crippen LogP contribution in [-0.2, 0) is 11.2 Å². The highest BCUT2D eigenvalue weighted by Gasteiger charge is 2.12. The minimum absolute atomic E-state index is 0.0529. The molecule has 5 heteroatoms. The molecule has 0 fully saturated rings. The van der Waals surface area contributed by atoms with Gasteiger partial charge in [0.25, 0.3) is 0 Å². The molecule has 3 rings (SSSR count). The van der Waals surface area contributed by atoms with Crippen LogP contribution in [0, 0.1) is 5.92 Å². The number of unbranched alkanes of at least 4 members (excludes halogenated alkanes) is 2. The Morgan fingerprint density at radius 1 is 0.824 bits per heavy atom. The van der Waals surface area contributed by atoms with E-state index in [-0.39, 0.29) is 5.38 Å². The molecule has 2 aromatic carbocycles. The molecule has 0 saturated carbocycles. The molecule has 0 aliphatic rings. The SMILES string of the molecule is CCCCCc1cnc(-c2ccc(-c3ccc(OCCOCC(Cl)C(C)CC)cc3)cc2)nc1.